The number of rotatable bonds is 3. The van der Waals surface area contributed by atoms with Crippen LogP contribution < -0.4 is 5.73 Å². The highest BCUT2D eigenvalue weighted by Crippen LogP contribution is 2.17. The quantitative estimate of drug-likeness (QED) is 0.612. The van der Waals surface area contributed by atoms with E-state index in [1.54, 1.807) is 19.1 Å². The average molecular weight is 244 g/mol. The Labute approximate surface area is 103 Å². The number of nitrogens with zero attached hydrogens (tertiary/aromatic N) is 1. The van der Waals surface area contributed by atoms with Gasteiger partial charge in [-0.25, -0.2) is 9.78 Å². The van der Waals surface area contributed by atoms with E-state index in [0.29, 0.717) is 22.6 Å². The van der Waals surface area contributed by atoms with E-state index in [-0.39, 0.29) is 11.3 Å². The molecule has 0 atom stereocenters. The second-order valence-electron chi connectivity index (χ2n) is 3.89. The van der Waals surface area contributed by atoms with Gasteiger partial charge >= 0.3 is 5.97 Å². The molecule has 1 aromatic heterocycles. The molecule has 1 aromatic carbocycles. The van der Waals surface area contributed by atoms with Gasteiger partial charge in [0, 0.05) is 5.70 Å². The molecule has 6 nitrogen and oxygen atoms in total. The molecule has 0 unspecified atom stereocenters. The van der Waals surface area contributed by atoms with E-state index >= 15 is 0 Å². The van der Waals surface area contributed by atoms with E-state index in [1.807, 2.05) is 0 Å². The molecule has 0 amide bonds. The number of carbonyl (C=O) groups is 1. The van der Waals surface area contributed by atoms with E-state index in [4.69, 9.17) is 16.2 Å². The lowest BCUT2D eigenvalue weighted by atomic mass is 10.2. The summed E-state index contributed by atoms with van der Waals surface area (Å²) in [6.07, 6.45) is 1.46. The molecule has 2 rings (SSSR count). The second kappa shape index (κ2) is 4.33. The van der Waals surface area contributed by atoms with Gasteiger partial charge in [0.1, 0.15) is 5.52 Å². The predicted molar refractivity (Wildman–Crippen MR) is 67.8 cm³/mol. The Morgan fingerprint density at radius 3 is 2.89 bits per heavy atom. The molecule has 5 N–H and O–H groups in total. The molecule has 0 bridgehead atoms. The van der Waals surface area contributed by atoms with Gasteiger partial charge in [-0.05, 0) is 25.1 Å². The molecule has 0 fully saturated rings. The first-order valence-corrected chi connectivity index (χ1v) is 5.23. The zero-order chi connectivity index (χ0) is 13.3. The van der Waals surface area contributed by atoms with Crippen LogP contribution in [0.4, 0.5) is 0 Å². The number of para-hydroxylation sites is 1. The fourth-order valence-electron chi connectivity index (χ4n) is 1.63. The van der Waals surface area contributed by atoms with Gasteiger partial charge in [-0.3, -0.25) is 5.41 Å². The summed E-state index contributed by atoms with van der Waals surface area (Å²) >= 11 is 0. The number of allylic oxidation sites excluding steroid dienone is 2. The van der Waals surface area contributed by atoms with Crippen molar-refractivity contribution in [3.8, 4) is 0 Å². The number of aromatic carboxylic acids is 1. The van der Waals surface area contributed by atoms with Crippen molar-refractivity contribution in [1.82, 2.24) is 9.97 Å². The summed E-state index contributed by atoms with van der Waals surface area (Å²) in [5, 5.41) is 16.8. The van der Waals surface area contributed by atoms with E-state index in [1.165, 1.54) is 12.1 Å². The van der Waals surface area contributed by atoms with Crippen molar-refractivity contribution in [3.63, 3.8) is 0 Å². The molecule has 0 spiro atoms. The van der Waals surface area contributed by atoms with Crippen LogP contribution in [0.5, 0.6) is 0 Å². The monoisotopic (exact) mass is 244 g/mol. The van der Waals surface area contributed by atoms with E-state index in [0.717, 1.165) is 0 Å². The standard InChI is InChI=1S/C12H12N4O2/c1-6(13)5-8(14)11-15-9-4-2-3-7(12(17)18)10(9)16-11/h2-5,14H,13H2,1H3,(H,15,16)(H,17,18). The number of aromatic amines is 1. The number of imidazole rings is 1. The highest BCUT2D eigenvalue weighted by molar-refractivity contribution is 6.08. The Balaban J connectivity index is 2.57. The van der Waals surface area contributed by atoms with E-state index in [2.05, 4.69) is 9.97 Å². The predicted octanol–water partition coefficient (Wildman–Crippen LogP) is 1.49. The van der Waals surface area contributed by atoms with Crippen molar-refractivity contribution in [2.24, 2.45) is 5.73 Å². The maximum absolute atomic E-state index is 11.0. The van der Waals surface area contributed by atoms with Crippen molar-refractivity contribution < 1.29 is 9.90 Å². The Kier molecular flexibility index (Phi) is 2.85. The van der Waals surface area contributed by atoms with Crippen LogP contribution in [0.15, 0.2) is 30.0 Å². The van der Waals surface area contributed by atoms with E-state index in [9.17, 15) is 4.79 Å². The molecule has 0 aliphatic rings. The van der Waals surface area contributed by atoms with Crippen LogP contribution in [0, 0.1) is 5.41 Å². The number of carboxylic acids is 1. The van der Waals surface area contributed by atoms with Crippen molar-refractivity contribution in [2.75, 3.05) is 0 Å². The van der Waals surface area contributed by atoms with Crippen LogP contribution in [0.3, 0.4) is 0 Å². The first-order valence-electron chi connectivity index (χ1n) is 5.23. The highest BCUT2D eigenvalue weighted by Gasteiger charge is 2.13. The van der Waals surface area contributed by atoms with Crippen LogP contribution in [0.2, 0.25) is 0 Å². The lowest BCUT2D eigenvalue weighted by molar-refractivity contribution is 0.0699. The molecule has 6 heteroatoms. The van der Waals surface area contributed by atoms with Gasteiger partial charge in [0.05, 0.1) is 16.8 Å². The van der Waals surface area contributed by atoms with Crippen molar-refractivity contribution in [1.29, 1.82) is 5.41 Å². The summed E-state index contributed by atoms with van der Waals surface area (Å²) in [7, 11) is 0. The summed E-state index contributed by atoms with van der Waals surface area (Å²) in [6.45, 7) is 1.67. The first kappa shape index (κ1) is 11.8. The number of nitrogens with two attached hydrogens (primary N) is 1. The lowest BCUT2D eigenvalue weighted by Crippen LogP contribution is -2.02. The minimum Gasteiger partial charge on any atom is -0.478 e. The maximum atomic E-state index is 11.0. The SMILES string of the molecule is CC(N)=CC(=N)c1nc2c(C(=O)O)cccc2[nH]1. The average Bonchev–Trinajstić information content (AvgIpc) is 2.70. The molecule has 0 aliphatic carbocycles. The fourth-order valence-corrected chi connectivity index (χ4v) is 1.63. The van der Waals surface area contributed by atoms with Crippen LogP contribution >= 0.6 is 0 Å². The lowest BCUT2D eigenvalue weighted by Gasteiger charge is -1.93. The van der Waals surface area contributed by atoms with Crippen molar-refractivity contribution in [3.05, 3.63) is 41.4 Å². The number of aromatic nitrogens is 2. The Hall–Kier alpha value is -2.63. The second-order valence-corrected chi connectivity index (χ2v) is 3.89. The van der Waals surface area contributed by atoms with Gasteiger partial charge in [-0.1, -0.05) is 6.07 Å². The fraction of sp³-hybridized carbons (Fsp3) is 0.0833. The van der Waals surface area contributed by atoms with E-state index < -0.39 is 5.97 Å². The normalized spacial score (nSPS) is 11.7. The number of benzene rings is 1. The molecule has 0 saturated carbocycles. The zero-order valence-electron chi connectivity index (χ0n) is 9.69. The molecule has 18 heavy (non-hydrogen) atoms. The minimum atomic E-state index is -1.05. The third-order valence-corrected chi connectivity index (χ3v) is 2.37. The smallest absolute Gasteiger partial charge is 0.337 e. The number of hydrogen-bond donors (Lipinski definition) is 4. The number of hydrogen-bond acceptors (Lipinski definition) is 4. The van der Waals surface area contributed by atoms with Gasteiger partial charge in [0.2, 0.25) is 0 Å². The summed E-state index contributed by atoms with van der Waals surface area (Å²) in [5.41, 5.74) is 7.12. The van der Waals surface area contributed by atoms with Gasteiger partial charge < -0.3 is 15.8 Å². The Bertz CT molecular complexity index is 666. The van der Waals surface area contributed by atoms with Crippen molar-refractivity contribution >= 4 is 22.7 Å². The van der Waals surface area contributed by atoms with Gasteiger partial charge in [-0.15, -0.1) is 0 Å². The molecule has 1 heterocycles. The molecule has 2 aromatic rings. The van der Waals surface area contributed by atoms with Gasteiger partial charge in [-0.2, -0.15) is 0 Å². The Morgan fingerprint density at radius 1 is 1.56 bits per heavy atom. The van der Waals surface area contributed by atoms with Crippen LogP contribution in [-0.4, -0.2) is 26.8 Å². The third-order valence-electron chi connectivity index (χ3n) is 2.37. The molecule has 0 aliphatic heterocycles. The van der Waals surface area contributed by atoms with Gasteiger partial charge in [0.25, 0.3) is 0 Å². The number of H-pyrrole nitrogens is 1. The molecular formula is C12H12N4O2. The van der Waals surface area contributed by atoms with Crippen LogP contribution in [-0.2, 0) is 0 Å². The van der Waals surface area contributed by atoms with Crippen molar-refractivity contribution in [2.45, 2.75) is 6.92 Å². The molecule has 92 valence electrons. The minimum absolute atomic E-state index is 0.108. The molecular weight excluding hydrogens is 232 g/mol. The van der Waals surface area contributed by atoms with Crippen LogP contribution in [0.25, 0.3) is 11.0 Å². The molecule has 0 saturated heterocycles. The first-order chi connectivity index (χ1) is 8.49. The number of fused-ring (bicyclic) bond motifs is 1. The Morgan fingerprint density at radius 2 is 2.28 bits per heavy atom. The third kappa shape index (κ3) is 2.08. The maximum Gasteiger partial charge on any atom is 0.337 e. The zero-order valence-corrected chi connectivity index (χ0v) is 9.69. The highest BCUT2D eigenvalue weighted by atomic mass is 16.4. The summed E-state index contributed by atoms with van der Waals surface area (Å²) in [4.78, 5) is 18.1. The number of carboxylic acid groups (broad SMARTS) is 1. The van der Waals surface area contributed by atoms with Gasteiger partial charge in [0.15, 0.2) is 5.82 Å². The summed E-state index contributed by atoms with van der Waals surface area (Å²) < 4.78 is 0. The number of nitrogens with one attached hydrogen (secondary N) is 2. The largest absolute Gasteiger partial charge is 0.478 e. The molecule has 0 radical (unpaired) electrons. The summed E-state index contributed by atoms with van der Waals surface area (Å²) in [5.74, 6) is -0.751. The summed E-state index contributed by atoms with van der Waals surface area (Å²) in [6, 6.07) is 4.81. The van der Waals surface area contributed by atoms with Crippen LogP contribution in [0.1, 0.15) is 23.1 Å². The topological polar surface area (TPSA) is 116 Å².